The molecule has 1 amide bonds. The second-order valence-electron chi connectivity index (χ2n) is 6.21. The average molecular weight is 397 g/mol. The van der Waals surface area contributed by atoms with Crippen LogP contribution >= 0.6 is 11.3 Å². The van der Waals surface area contributed by atoms with Gasteiger partial charge in [0.2, 0.25) is 16.8 Å². The molecule has 0 aliphatic rings. The van der Waals surface area contributed by atoms with Gasteiger partial charge in [-0.25, -0.2) is 14.5 Å². The molecule has 3 heterocycles. The number of benzene rings is 1. The van der Waals surface area contributed by atoms with Gasteiger partial charge in [-0.15, -0.1) is 11.3 Å². The number of aromatic nitrogens is 4. The molecular formula is C19H19N5O3S. The van der Waals surface area contributed by atoms with E-state index in [0.717, 1.165) is 22.0 Å². The van der Waals surface area contributed by atoms with Crippen molar-refractivity contribution >= 4 is 22.2 Å². The molecule has 8 nitrogen and oxygen atoms in total. The van der Waals surface area contributed by atoms with E-state index in [1.807, 2.05) is 36.6 Å². The van der Waals surface area contributed by atoms with Gasteiger partial charge in [0.05, 0.1) is 24.9 Å². The zero-order valence-electron chi connectivity index (χ0n) is 15.5. The van der Waals surface area contributed by atoms with E-state index in [9.17, 15) is 4.79 Å². The molecule has 0 bridgehead atoms. The molecule has 0 aliphatic carbocycles. The summed E-state index contributed by atoms with van der Waals surface area (Å²) in [5.41, 5.74) is 2.50. The van der Waals surface area contributed by atoms with Gasteiger partial charge in [-0.2, -0.15) is 5.10 Å². The van der Waals surface area contributed by atoms with Gasteiger partial charge >= 0.3 is 0 Å². The minimum Gasteiger partial charge on any atom is -0.497 e. The Balaban J connectivity index is 1.35. The molecule has 0 radical (unpaired) electrons. The number of oxazole rings is 1. The Hall–Kier alpha value is -3.20. The fourth-order valence-corrected chi connectivity index (χ4v) is 3.67. The van der Waals surface area contributed by atoms with Gasteiger partial charge < -0.3 is 14.5 Å². The normalized spacial score (nSPS) is 11.1. The third-order valence-electron chi connectivity index (χ3n) is 4.35. The van der Waals surface area contributed by atoms with E-state index < -0.39 is 0 Å². The minimum atomic E-state index is -0.0947. The molecule has 144 valence electrons. The number of ether oxygens (including phenoxy) is 1. The second kappa shape index (κ2) is 7.81. The van der Waals surface area contributed by atoms with E-state index in [2.05, 4.69) is 20.4 Å². The van der Waals surface area contributed by atoms with Crippen molar-refractivity contribution in [1.29, 1.82) is 0 Å². The number of thiazole rings is 1. The highest BCUT2D eigenvalue weighted by molar-refractivity contribution is 7.15. The molecule has 4 aromatic rings. The van der Waals surface area contributed by atoms with Crippen LogP contribution < -0.4 is 10.1 Å². The summed E-state index contributed by atoms with van der Waals surface area (Å²) in [5.74, 6) is 1.81. The summed E-state index contributed by atoms with van der Waals surface area (Å²) >= 11 is 1.53. The van der Waals surface area contributed by atoms with Crippen LogP contribution in [0.25, 0.3) is 16.4 Å². The molecule has 4 rings (SSSR count). The zero-order valence-corrected chi connectivity index (χ0v) is 16.3. The van der Waals surface area contributed by atoms with Crippen molar-refractivity contribution in [3.8, 4) is 17.2 Å². The molecule has 0 saturated heterocycles. The number of nitrogens with zero attached hydrogens (tertiary/aromatic N) is 4. The first-order valence-corrected chi connectivity index (χ1v) is 9.65. The van der Waals surface area contributed by atoms with Gasteiger partial charge in [0.1, 0.15) is 17.8 Å². The maximum atomic E-state index is 12.3. The third-order valence-corrected chi connectivity index (χ3v) is 5.23. The quantitative estimate of drug-likeness (QED) is 0.515. The molecule has 0 fully saturated rings. The van der Waals surface area contributed by atoms with Gasteiger partial charge in [-0.05, 0) is 31.2 Å². The fraction of sp³-hybridized carbons (Fsp3) is 0.263. The highest BCUT2D eigenvalue weighted by Gasteiger charge is 2.15. The maximum absolute atomic E-state index is 12.3. The summed E-state index contributed by atoms with van der Waals surface area (Å²) in [6.45, 7) is 2.34. The Labute approximate surface area is 165 Å². The van der Waals surface area contributed by atoms with E-state index in [-0.39, 0.29) is 12.3 Å². The predicted octanol–water partition coefficient (Wildman–Crippen LogP) is 2.66. The number of carbonyl (C=O) groups excluding carboxylic acids is 1. The molecule has 0 atom stereocenters. The number of nitrogens with one attached hydrogen (secondary N) is 1. The zero-order chi connectivity index (χ0) is 19.5. The van der Waals surface area contributed by atoms with Crippen molar-refractivity contribution in [2.24, 2.45) is 0 Å². The monoisotopic (exact) mass is 397 g/mol. The molecule has 0 saturated carbocycles. The van der Waals surface area contributed by atoms with Crippen LogP contribution in [0, 0.1) is 6.92 Å². The van der Waals surface area contributed by atoms with Crippen LogP contribution in [-0.4, -0.2) is 39.1 Å². The van der Waals surface area contributed by atoms with Gasteiger partial charge in [0, 0.05) is 23.9 Å². The number of rotatable bonds is 7. The van der Waals surface area contributed by atoms with Gasteiger partial charge in [0.15, 0.2) is 0 Å². The molecule has 1 N–H and O–H groups in total. The second-order valence-corrected chi connectivity index (χ2v) is 7.05. The molecule has 0 unspecified atom stereocenters. The lowest BCUT2D eigenvalue weighted by molar-refractivity contribution is -0.120. The third kappa shape index (κ3) is 3.74. The van der Waals surface area contributed by atoms with Crippen LogP contribution in [0.2, 0.25) is 0 Å². The molecule has 3 aromatic heterocycles. The van der Waals surface area contributed by atoms with E-state index in [1.165, 1.54) is 17.7 Å². The van der Waals surface area contributed by atoms with Crippen molar-refractivity contribution in [2.75, 3.05) is 13.7 Å². The summed E-state index contributed by atoms with van der Waals surface area (Å²) in [6.07, 6.45) is 2.39. The summed E-state index contributed by atoms with van der Waals surface area (Å²) < 4.78 is 12.7. The van der Waals surface area contributed by atoms with Crippen LogP contribution in [0.4, 0.5) is 0 Å². The Kier molecular flexibility index (Phi) is 5.07. The van der Waals surface area contributed by atoms with E-state index in [4.69, 9.17) is 9.15 Å². The smallest absolute Gasteiger partial charge is 0.226 e. The van der Waals surface area contributed by atoms with Crippen LogP contribution in [0.5, 0.6) is 5.75 Å². The number of hydrogen-bond acceptors (Lipinski definition) is 7. The van der Waals surface area contributed by atoms with Crippen LogP contribution in [0.3, 0.4) is 0 Å². The van der Waals surface area contributed by atoms with E-state index in [1.54, 1.807) is 11.6 Å². The lowest BCUT2D eigenvalue weighted by atomic mass is 10.2. The largest absolute Gasteiger partial charge is 0.497 e. The van der Waals surface area contributed by atoms with Gasteiger partial charge in [-0.1, -0.05) is 0 Å². The number of fused-ring (bicyclic) bond motifs is 1. The van der Waals surface area contributed by atoms with Crippen molar-refractivity contribution in [1.82, 2.24) is 24.9 Å². The standard InChI is InChI=1S/C19H19N5O3S/c1-12-16(23-18(27-12)13-3-5-15(26-2)6-4-13)9-17(25)20-8-7-14-10-28-19-21-11-22-24(14)19/h3-6,10-11H,7-9H2,1-2H3,(H,20,25). The Morgan fingerprint density at radius 2 is 2.14 bits per heavy atom. The van der Waals surface area contributed by atoms with Crippen molar-refractivity contribution in [2.45, 2.75) is 19.8 Å². The van der Waals surface area contributed by atoms with Crippen molar-refractivity contribution in [3.63, 3.8) is 0 Å². The fourth-order valence-electron chi connectivity index (χ4n) is 2.84. The summed E-state index contributed by atoms with van der Waals surface area (Å²) in [6, 6.07) is 7.44. The number of carbonyl (C=O) groups is 1. The summed E-state index contributed by atoms with van der Waals surface area (Å²) in [4.78, 5) is 21.8. The van der Waals surface area contributed by atoms with Crippen LogP contribution in [0.1, 0.15) is 17.1 Å². The highest BCUT2D eigenvalue weighted by atomic mass is 32.1. The molecular weight excluding hydrogens is 378 g/mol. The van der Waals surface area contributed by atoms with Crippen molar-refractivity contribution in [3.05, 3.63) is 53.1 Å². The summed E-state index contributed by atoms with van der Waals surface area (Å²) in [5, 5.41) is 9.10. The van der Waals surface area contributed by atoms with E-state index >= 15 is 0 Å². The molecule has 1 aromatic carbocycles. The van der Waals surface area contributed by atoms with Gasteiger partial charge in [0.25, 0.3) is 0 Å². The number of aryl methyl sites for hydroxylation is 1. The number of amides is 1. The Morgan fingerprint density at radius 1 is 1.32 bits per heavy atom. The maximum Gasteiger partial charge on any atom is 0.226 e. The molecule has 0 aliphatic heterocycles. The SMILES string of the molecule is COc1ccc(-c2nc(CC(=O)NCCc3csc4ncnn34)c(C)o2)cc1. The first-order chi connectivity index (χ1) is 13.6. The number of methoxy groups -OCH3 is 1. The first kappa shape index (κ1) is 18.2. The topological polar surface area (TPSA) is 94.5 Å². The first-order valence-electron chi connectivity index (χ1n) is 8.77. The Bertz CT molecular complexity index is 1100. The molecule has 0 spiro atoms. The Morgan fingerprint density at radius 3 is 2.93 bits per heavy atom. The average Bonchev–Trinajstić information content (AvgIpc) is 3.40. The molecule has 9 heteroatoms. The predicted molar refractivity (Wildman–Crippen MR) is 105 cm³/mol. The van der Waals surface area contributed by atoms with E-state index in [0.29, 0.717) is 30.3 Å². The lowest BCUT2D eigenvalue weighted by Gasteiger charge is -2.03. The highest BCUT2D eigenvalue weighted by Crippen LogP contribution is 2.24. The minimum absolute atomic E-state index is 0.0947. The number of hydrogen-bond donors (Lipinski definition) is 1. The van der Waals surface area contributed by atoms with Crippen molar-refractivity contribution < 1.29 is 13.9 Å². The van der Waals surface area contributed by atoms with Crippen LogP contribution in [-0.2, 0) is 17.6 Å². The lowest BCUT2D eigenvalue weighted by Crippen LogP contribution is -2.27. The van der Waals surface area contributed by atoms with Gasteiger partial charge in [-0.3, -0.25) is 4.79 Å². The summed E-state index contributed by atoms with van der Waals surface area (Å²) in [7, 11) is 1.62. The van der Waals surface area contributed by atoms with Crippen LogP contribution in [0.15, 0.2) is 40.4 Å². The molecule has 28 heavy (non-hydrogen) atoms.